The molecule has 0 bridgehead atoms. The number of allylic oxidation sites excluding steroid dienone is 1. The van der Waals surface area contributed by atoms with Crippen molar-refractivity contribution >= 4 is 11.8 Å². The van der Waals surface area contributed by atoms with Crippen LogP contribution < -0.4 is 9.47 Å². The number of nitrogens with one attached hydrogen (secondary N) is 1. The molecule has 3 aromatic rings. The van der Waals surface area contributed by atoms with Crippen molar-refractivity contribution in [2.45, 2.75) is 31.1 Å². The largest absolute Gasteiger partial charge is 0.497 e. The standard InChI is InChI=1S/C26H27N3O3/c1-31-20-10-4-8-18(14-20)26(19-9-5-11-21(15-19)32-2)13-12-22-23(16-26)27-28-25(22)24(29-30)17-6-3-7-17/h4-5,8-15,17,30H,3,6-7,16H2,1-2H3,(H,27,28)/b29-24+. The molecule has 0 aliphatic heterocycles. The summed E-state index contributed by atoms with van der Waals surface area (Å²) in [6.45, 7) is 0. The summed E-state index contributed by atoms with van der Waals surface area (Å²) in [5.41, 5.74) is 5.30. The van der Waals surface area contributed by atoms with Crippen LogP contribution in [0.5, 0.6) is 11.5 Å². The smallest absolute Gasteiger partial charge is 0.119 e. The third-order valence-corrected chi connectivity index (χ3v) is 6.88. The van der Waals surface area contributed by atoms with E-state index in [1.807, 2.05) is 24.3 Å². The van der Waals surface area contributed by atoms with Gasteiger partial charge < -0.3 is 14.7 Å². The van der Waals surface area contributed by atoms with Gasteiger partial charge in [-0.1, -0.05) is 48.0 Å². The number of fused-ring (bicyclic) bond motifs is 1. The van der Waals surface area contributed by atoms with Gasteiger partial charge in [0.2, 0.25) is 0 Å². The van der Waals surface area contributed by atoms with E-state index in [9.17, 15) is 5.21 Å². The Bertz CT molecular complexity index is 1140. The monoisotopic (exact) mass is 429 g/mol. The van der Waals surface area contributed by atoms with Gasteiger partial charge in [0.25, 0.3) is 0 Å². The molecule has 0 spiro atoms. The number of hydrogen-bond donors (Lipinski definition) is 2. The normalized spacial score (nSPS) is 17.5. The van der Waals surface area contributed by atoms with E-state index in [4.69, 9.17) is 9.47 Å². The summed E-state index contributed by atoms with van der Waals surface area (Å²) in [4.78, 5) is 0. The van der Waals surface area contributed by atoms with Gasteiger partial charge in [-0.2, -0.15) is 5.10 Å². The number of oxime groups is 1. The molecule has 2 aromatic carbocycles. The SMILES string of the molecule is COc1cccc(C2(c3cccc(OC)c3)C=Cc3c(/C(=N/O)C4CCC4)n[nH]c3C2)c1. The molecule has 1 fully saturated rings. The van der Waals surface area contributed by atoms with Gasteiger partial charge in [0.1, 0.15) is 22.9 Å². The number of ether oxygens (including phenoxy) is 2. The van der Waals surface area contributed by atoms with Crippen LogP contribution in [0, 0.1) is 5.92 Å². The lowest BCUT2D eigenvalue weighted by molar-refractivity contribution is 0.305. The molecular weight excluding hydrogens is 402 g/mol. The first-order valence-corrected chi connectivity index (χ1v) is 11.0. The van der Waals surface area contributed by atoms with Gasteiger partial charge in [0, 0.05) is 29.0 Å². The van der Waals surface area contributed by atoms with Gasteiger partial charge in [-0.15, -0.1) is 0 Å². The van der Waals surface area contributed by atoms with Gasteiger partial charge in [-0.3, -0.25) is 5.10 Å². The Hall–Kier alpha value is -3.54. The van der Waals surface area contributed by atoms with Crippen LogP contribution in [-0.2, 0) is 11.8 Å². The summed E-state index contributed by atoms with van der Waals surface area (Å²) in [6.07, 6.45) is 8.29. The highest BCUT2D eigenvalue weighted by Gasteiger charge is 2.38. The Labute approximate surface area is 187 Å². The van der Waals surface area contributed by atoms with Crippen LogP contribution in [0.15, 0.2) is 59.8 Å². The summed E-state index contributed by atoms with van der Waals surface area (Å²) in [5.74, 6) is 1.91. The number of aromatic nitrogens is 2. The quantitative estimate of drug-likeness (QED) is 0.330. The zero-order valence-corrected chi connectivity index (χ0v) is 18.3. The average Bonchev–Trinajstić information content (AvgIpc) is 3.23. The van der Waals surface area contributed by atoms with E-state index in [0.717, 1.165) is 52.4 Å². The van der Waals surface area contributed by atoms with Gasteiger partial charge in [0.15, 0.2) is 0 Å². The molecule has 1 heterocycles. The molecule has 0 saturated heterocycles. The van der Waals surface area contributed by atoms with E-state index >= 15 is 0 Å². The molecule has 0 amide bonds. The topological polar surface area (TPSA) is 79.7 Å². The Morgan fingerprint density at radius 3 is 2.25 bits per heavy atom. The number of H-pyrrole nitrogens is 1. The second-order valence-corrected chi connectivity index (χ2v) is 8.52. The van der Waals surface area contributed by atoms with Crippen molar-refractivity contribution in [1.82, 2.24) is 10.2 Å². The Kier molecular flexibility index (Phi) is 5.21. The van der Waals surface area contributed by atoms with Crippen molar-refractivity contribution in [3.8, 4) is 11.5 Å². The number of rotatable bonds is 6. The number of hydrogen-bond acceptors (Lipinski definition) is 5. The molecule has 5 rings (SSSR count). The molecule has 6 nitrogen and oxygen atoms in total. The maximum absolute atomic E-state index is 9.69. The van der Waals surface area contributed by atoms with E-state index in [2.05, 4.69) is 51.8 Å². The molecule has 2 aliphatic carbocycles. The molecule has 6 heteroatoms. The lowest BCUT2D eigenvalue weighted by Crippen LogP contribution is -2.31. The minimum Gasteiger partial charge on any atom is -0.497 e. The number of methoxy groups -OCH3 is 2. The Morgan fingerprint density at radius 2 is 1.72 bits per heavy atom. The van der Waals surface area contributed by atoms with E-state index in [0.29, 0.717) is 12.1 Å². The molecule has 0 atom stereocenters. The first-order valence-electron chi connectivity index (χ1n) is 11.0. The van der Waals surface area contributed by atoms with Crippen LogP contribution in [0.2, 0.25) is 0 Å². The summed E-state index contributed by atoms with van der Waals surface area (Å²) in [6, 6.07) is 16.4. The van der Waals surface area contributed by atoms with Crippen LogP contribution in [0.25, 0.3) is 6.08 Å². The van der Waals surface area contributed by atoms with Crippen LogP contribution >= 0.6 is 0 Å². The van der Waals surface area contributed by atoms with E-state index in [1.165, 1.54) is 6.42 Å². The second kappa shape index (κ2) is 8.19. The van der Waals surface area contributed by atoms with Crippen molar-refractivity contribution in [2.24, 2.45) is 11.1 Å². The highest BCUT2D eigenvalue weighted by atomic mass is 16.5. The van der Waals surface area contributed by atoms with E-state index < -0.39 is 5.41 Å². The maximum Gasteiger partial charge on any atom is 0.119 e. The van der Waals surface area contributed by atoms with Crippen molar-refractivity contribution in [2.75, 3.05) is 14.2 Å². The fourth-order valence-electron chi connectivity index (χ4n) is 4.83. The van der Waals surface area contributed by atoms with Crippen LogP contribution in [0.4, 0.5) is 0 Å². The molecule has 2 aliphatic rings. The lowest BCUT2D eigenvalue weighted by Gasteiger charge is -2.35. The van der Waals surface area contributed by atoms with Gasteiger partial charge >= 0.3 is 0 Å². The van der Waals surface area contributed by atoms with Crippen LogP contribution in [-0.4, -0.2) is 35.3 Å². The van der Waals surface area contributed by atoms with E-state index in [-0.39, 0.29) is 5.92 Å². The fraction of sp³-hybridized carbons (Fsp3) is 0.308. The van der Waals surface area contributed by atoms with Crippen molar-refractivity contribution in [3.63, 3.8) is 0 Å². The average molecular weight is 430 g/mol. The third kappa shape index (κ3) is 3.27. The highest BCUT2D eigenvalue weighted by molar-refractivity contribution is 6.04. The van der Waals surface area contributed by atoms with Crippen molar-refractivity contribution in [3.05, 3.63) is 82.7 Å². The zero-order chi connectivity index (χ0) is 22.1. The molecule has 0 unspecified atom stereocenters. The van der Waals surface area contributed by atoms with Gasteiger partial charge in [-0.05, 0) is 48.2 Å². The second-order valence-electron chi connectivity index (χ2n) is 8.52. The third-order valence-electron chi connectivity index (χ3n) is 6.88. The minimum atomic E-state index is -0.424. The molecular formula is C26H27N3O3. The molecule has 1 saturated carbocycles. The van der Waals surface area contributed by atoms with Gasteiger partial charge in [-0.25, -0.2) is 0 Å². The van der Waals surface area contributed by atoms with Crippen molar-refractivity contribution in [1.29, 1.82) is 0 Å². The first-order chi connectivity index (χ1) is 15.7. The summed E-state index contributed by atoms with van der Waals surface area (Å²) < 4.78 is 11.0. The van der Waals surface area contributed by atoms with Crippen LogP contribution in [0.1, 0.15) is 47.3 Å². The zero-order valence-electron chi connectivity index (χ0n) is 18.3. The predicted molar refractivity (Wildman–Crippen MR) is 124 cm³/mol. The molecule has 32 heavy (non-hydrogen) atoms. The number of benzene rings is 2. The molecule has 1 aromatic heterocycles. The number of nitrogens with zero attached hydrogens (tertiary/aromatic N) is 2. The predicted octanol–water partition coefficient (Wildman–Crippen LogP) is 4.96. The minimum absolute atomic E-state index is 0.282. The Morgan fingerprint density at radius 1 is 1.06 bits per heavy atom. The number of aromatic amines is 1. The lowest BCUT2D eigenvalue weighted by atomic mass is 9.68. The molecule has 164 valence electrons. The van der Waals surface area contributed by atoms with Crippen molar-refractivity contribution < 1.29 is 14.7 Å². The Balaban J connectivity index is 1.63. The van der Waals surface area contributed by atoms with E-state index in [1.54, 1.807) is 14.2 Å². The summed E-state index contributed by atoms with van der Waals surface area (Å²) in [7, 11) is 3.37. The maximum atomic E-state index is 9.69. The summed E-state index contributed by atoms with van der Waals surface area (Å²) in [5, 5.41) is 21.1. The fourth-order valence-corrected chi connectivity index (χ4v) is 4.83. The molecule has 0 radical (unpaired) electrons. The van der Waals surface area contributed by atoms with Gasteiger partial charge in [0.05, 0.1) is 14.2 Å². The highest BCUT2D eigenvalue weighted by Crippen LogP contribution is 2.44. The van der Waals surface area contributed by atoms with Crippen LogP contribution in [0.3, 0.4) is 0 Å². The molecule has 2 N–H and O–H groups in total. The first kappa shape index (κ1) is 20.4. The summed E-state index contributed by atoms with van der Waals surface area (Å²) >= 11 is 0.